The van der Waals surface area contributed by atoms with E-state index in [2.05, 4.69) is 0 Å². The molecule has 0 N–H and O–H groups in total. The predicted octanol–water partition coefficient (Wildman–Crippen LogP) is 6.53. The summed E-state index contributed by atoms with van der Waals surface area (Å²) in [6.45, 7) is 0. The average molecular weight is 442 g/mol. The molecule has 0 unspecified atom stereocenters. The summed E-state index contributed by atoms with van der Waals surface area (Å²) in [5, 5.41) is 1.39. The monoisotopic (exact) mass is 442 g/mol. The molecular weight excluding hydrogens is 423 g/mol. The number of methoxy groups -OCH3 is 2. The highest BCUT2D eigenvalue weighted by Crippen LogP contribution is 2.34. The standard InChI is InChI=1S/C27H19FO5/c1-30-20-10-16(11-21(14-20)31-2)6-7-17-13-26(29)33-27-22(17)8-9-24-23(27)15-25(32-24)18-4-3-5-19(28)12-18/h3-15H,1-2H3/b7-6+. The number of ether oxygens (including phenoxy) is 2. The number of benzene rings is 3. The van der Waals surface area contributed by atoms with Crippen LogP contribution in [0.5, 0.6) is 11.5 Å². The Hall–Kier alpha value is -4.32. The number of halogens is 1. The van der Waals surface area contributed by atoms with Crippen molar-refractivity contribution in [2.24, 2.45) is 0 Å². The van der Waals surface area contributed by atoms with E-state index in [-0.39, 0.29) is 5.82 Å². The first kappa shape index (κ1) is 20.6. The van der Waals surface area contributed by atoms with Crippen molar-refractivity contribution in [2.75, 3.05) is 14.2 Å². The minimum absolute atomic E-state index is 0.356. The smallest absolute Gasteiger partial charge is 0.336 e. The fraction of sp³-hybridized carbons (Fsp3) is 0.0741. The summed E-state index contributed by atoms with van der Waals surface area (Å²) in [7, 11) is 3.18. The maximum atomic E-state index is 13.7. The number of hydrogen-bond donors (Lipinski definition) is 0. The van der Waals surface area contributed by atoms with E-state index >= 15 is 0 Å². The Balaban J connectivity index is 1.63. The molecule has 0 amide bonds. The summed E-state index contributed by atoms with van der Waals surface area (Å²) in [5.74, 6) is 1.46. The molecule has 0 saturated carbocycles. The van der Waals surface area contributed by atoms with Crippen molar-refractivity contribution < 1.29 is 22.7 Å². The van der Waals surface area contributed by atoms with Crippen LogP contribution in [-0.2, 0) is 0 Å². The van der Waals surface area contributed by atoms with Gasteiger partial charge in [0.05, 0.1) is 19.6 Å². The summed E-state index contributed by atoms with van der Waals surface area (Å²) < 4.78 is 35.8. The van der Waals surface area contributed by atoms with E-state index in [1.54, 1.807) is 38.5 Å². The molecule has 6 heteroatoms. The Labute approximate surface area is 188 Å². The second-order valence-corrected chi connectivity index (χ2v) is 7.48. The van der Waals surface area contributed by atoms with Gasteiger partial charge in [0.2, 0.25) is 0 Å². The lowest BCUT2D eigenvalue weighted by Crippen LogP contribution is -1.98. The van der Waals surface area contributed by atoms with Gasteiger partial charge < -0.3 is 18.3 Å². The lowest BCUT2D eigenvalue weighted by molar-refractivity contribution is 0.394. The molecule has 5 nitrogen and oxygen atoms in total. The van der Waals surface area contributed by atoms with Crippen LogP contribution in [0, 0.1) is 5.82 Å². The highest BCUT2D eigenvalue weighted by Gasteiger charge is 2.14. The maximum Gasteiger partial charge on any atom is 0.336 e. The van der Waals surface area contributed by atoms with Crippen molar-refractivity contribution in [3.63, 3.8) is 0 Å². The zero-order valence-electron chi connectivity index (χ0n) is 17.9. The molecule has 2 aromatic heterocycles. The first-order valence-electron chi connectivity index (χ1n) is 10.2. The zero-order chi connectivity index (χ0) is 22.9. The van der Waals surface area contributed by atoms with Gasteiger partial charge in [0.25, 0.3) is 0 Å². The third-order valence-corrected chi connectivity index (χ3v) is 5.38. The zero-order valence-corrected chi connectivity index (χ0v) is 17.9. The fourth-order valence-corrected chi connectivity index (χ4v) is 3.79. The number of hydrogen-bond acceptors (Lipinski definition) is 5. The van der Waals surface area contributed by atoms with E-state index < -0.39 is 5.63 Å². The molecule has 5 aromatic rings. The van der Waals surface area contributed by atoms with Crippen LogP contribution in [0.4, 0.5) is 4.39 Å². The Bertz CT molecular complexity index is 1550. The molecule has 0 fully saturated rings. The summed E-state index contributed by atoms with van der Waals surface area (Å²) in [6, 6.07) is 18.5. The molecule has 164 valence electrons. The van der Waals surface area contributed by atoms with Gasteiger partial charge in [0, 0.05) is 23.1 Å². The first-order valence-corrected chi connectivity index (χ1v) is 10.2. The third-order valence-electron chi connectivity index (χ3n) is 5.38. The number of rotatable bonds is 5. The van der Waals surface area contributed by atoms with E-state index in [0.717, 1.165) is 10.9 Å². The largest absolute Gasteiger partial charge is 0.497 e. The number of fused-ring (bicyclic) bond motifs is 3. The van der Waals surface area contributed by atoms with Crippen molar-refractivity contribution in [1.82, 2.24) is 0 Å². The van der Waals surface area contributed by atoms with Crippen LogP contribution in [0.2, 0.25) is 0 Å². The van der Waals surface area contributed by atoms with Crippen molar-refractivity contribution in [3.05, 3.63) is 94.1 Å². The summed E-state index contributed by atoms with van der Waals surface area (Å²) in [5.41, 5.74) is 2.62. The van der Waals surface area contributed by atoms with Crippen LogP contribution in [0.15, 0.2) is 80.4 Å². The highest BCUT2D eigenvalue weighted by atomic mass is 19.1. The molecule has 0 atom stereocenters. The van der Waals surface area contributed by atoms with Crippen molar-refractivity contribution in [3.8, 4) is 22.8 Å². The molecule has 0 spiro atoms. The second kappa shape index (κ2) is 8.31. The SMILES string of the molecule is COc1cc(/C=C/c2cc(=O)oc3c2ccc2oc(-c4cccc(F)c4)cc23)cc(OC)c1. The average Bonchev–Trinajstić information content (AvgIpc) is 3.27. The minimum Gasteiger partial charge on any atom is -0.497 e. The fourth-order valence-electron chi connectivity index (χ4n) is 3.79. The van der Waals surface area contributed by atoms with Crippen molar-refractivity contribution in [1.29, 1.82) is 0 Å². The van der Waals surface area contributed by atoms with Gasteiger partial charge >= 0.3 is 5.63 Å². The molecule has 0 aliphatic rings. The molecule has 0 aliphatic heterocycles. The van der Waals surface area contributed by atoms with Crippen molar-refractivity contribution in [2.45, 2.75) is 0 Å². The van der Waals surface area contributed by atoms with Gasteiger partial charge in [-0.05, 0) is 53.6 Å². The van der Waals surface area contributed by atoms with Gasteiger partial charge in [0.15, 0.2) is 0 Å². The van der Waals surface area contributed by atoms with E-state index in [9.17, 15) is 9.18 Å². The Morgan fingerprint density at radius 1 is 0.818 bits per heavy atom. The lowest BCUT2D eigenvalue weighted by atomic mass is 10.1. The highest BCUT2D eigenvalue weighted by molar-refractivity contribution is 6.06. The van der Waals surface area contributed by atoms with Gasteiger partial charge in [0.1, 0.15) is 34.2 Å². The quantitative estimate of drug-likeness (QED) is 0.290. The minimum atomic E-state index is -0.480. The van der Waals surface area contributed by atoms with E-state index in [1.807, 2.05) is 36.4 Å². The van der Waals surface area contributed by atoms with Crippen molar-refractivity contribution >= 4 is 34.1 Å². The summed E-state index contributed by atoms with van der Waals surface area (Å²) in [6.07, 6.45) is 3.71. The van der Waals surface area contributed by atoms with E-state index in [0.29, 0.717) is 44.9 Å². The van der Waals surface area contributed by atoms with Crippen LogP contribution >= 0.6 is 0 Å². The second-order valence-electron chi connectivity index (χ2n) is 7.48. The molecule has 33 heavy (non-hydrogen) atoms. The normalized spacial score (nSPS) is 11.5. The van der Waals surface area contributed by atoms with Gasteiger partial charge in [-0.1, -0.05) is 24.3 Å². The molecular formula is C27H19FO5. The summed E-state index contributed by atoms with van der Waals surface area (Å²) in [4.78, 5) is 12.4. The molecule has 0 radical (unpaired) electrons. The molecule has 0 saturated heterocycles. The van der Waals surface area contributed by atoms with Gasteiger partial charge in [-0.15, -0.1) is 0 Å². The van der Waals surface area contributed by atoms with Gasteiger partial charge in [-0.3, -0.25) is 0 Å². The molecule has 3 aromatic carbocycles. The Morgan fingerprint density at radius 3 is 2.33 bits per heavy atom. The van der Waals surface area contributed by atoms with Crippen LogP contribution in [0.3, 0.4) is 0 Å². The molecule has 0 bridgehead atoms. The van der Waals surface area contributed by atoms with Crippen LogP contribution in [-0.4, -0.2) is 14.2 Å². The lowest BCUT2D eigenvalue weighted by Gasteiger charge is -2.06. The number of furan rings is 1. The molecule has 5 rings (SSSR count). The van der Waals surface area contributed by atoms with E-state index in [4.69, 9.17) is 18.3 Å². The molecule has 0 aliphatic carbocycles. The Kier molecular flexibility index (Phi) is 5.18. The third kappa shape index (κ3) is 3.99. The first-order chi connectivity index (χ1) is 16.0. The summed E-state index contributed by atoms with van der Waals surface area (Å²) >= 11 is 0. The van der Waals surface area contributed by atoms with Crippen LogP contribution in [0.25, 0.3) is 45.4 Å². The maximum absolute atomic E-state index is 13.7. The topological polar surface area (TPSA) is 61.8 Å². The molecule has 2 heterocycles. The Morgan fingerprint density at radius 2 is 1.61 bits per heavy atom. The van der Waals surface area contributed by atoms with Crippen LogP contribution < -0.4 is 15.1 Å². The van der Waals surface area contributed by atoms with E-state index in [1.165, 1.54) is 18.2 Å². The van der Waals surface area contributed by atoms with Crippen LogP contribution in [0.1, 0.15) is 11.1 Å². The van der Waals surface area contributed by atoms with Gasteiger partial charge in [-0.2, -0.15) is 0 Å². The van der Waals surface area contributed by atoms with Gasteiger partial charge in [-0.25, -0.2) is 9.18 Å². The predicted molar refractivity (Wildman–Crippen MR) is 126 cm³/mol.